The van der Waals surface area contributed by atoms with E-state index in [1.54, 1.807) is 12.1 Å². The monoisotopic (exact) mass is 264 g/mol. The maximum atomic E-state index is 11.8. The van der Waals surface area contributed by atoms with Crippen LogP contribution in [0.2, 0.25) is 0 Å². The second kappa shape index (κ2) is 7.14. The van der Waals surface area contributed by atoms with Crippen LogP contribution in [0.25, 0.3) is 0 Å². The van der Waals surface area contributed by atoms with Gasteiger partial charge in [0.05, 0.1) is 6.54 Å². The average molecular weight is 264 g/mol. The summed E-state index contributed by atoms with van der Waals surface area (Å²) in [5.74, 6) is 0.289. The number of nitrogens with one attached hydrogen (secondary N) is 1. The minimum absolute atomic E-state index is 0.00381. The molecule has 0 aliphatic heterocycles. The molecule has 0 saturated heterocycles. The molecular weight excluding hydrogens is 240 g/mol. The molecule has 2 N–H and O–H groups in total. The number of para-hydroxylation sites is 1. The smallest absolute Gasteiger partial charge is 0.234 e. The number of likely N-dealkylation sites (N-methyl/N-ethyl adjacent to an activating group) is 1. The lowest BCUT2D eigenvalue weighted by molar-refractivity contribution is -0.123. The number of rotatable bonds is 6. The molecule has 0 aliphatic carbocycles. The first kappa shape index (κ1) is 15.5. The fourth-order valence-electron chi connectivity index (χ4n) is 2.11. The van der Waals surface area contributed by atoms with Gasteiger partial charge in [-0.15, -0.1) is 0 Å². The largest absolute Gasteiger partial charge is 0.508 e. The van der Waals surface area contributed by atoms with Crippen LogP contribution in [-0.2, 0) is 4.79 Å². The summed E-state index contributed by atoms with van der Waals surface area (Å²) in [5.41, 5.74) is 0.849. The van der Waals surface area contributed by atoms with Gasteiger partial charge < -0.3 is 10.4 Å². The van der Waals surface area contributed by atoms with Gasteiger partial charge in [-0.3, -0.25) is 9.69 Å². The molecule has 1 aromatic carbocycles. The summed E-state index contributed by atoms with van der Waals surface area (Å²) in [6, 6.07) is 7.41. The van der Waals surface area contributed by atoms with Crippen molar-refractivity contribution in [3.63, 3.8) is 0 Å². The molecule has 1 rings (SSSR count). The van der Waals surface area contributed by atoms with Crippen LogP contribution in [0.3, 0.4) is 0 Å². The molecule has 0 heterocycles. The Balaban J connectivity index is 2.74. The first-order valence-corrected chi connectivity index (χ1v) is 6.77. The lowest BCUT2D eigenvalue weighted by Crippen LogP contribution is -2.41. The highest BCUT2D eigenvalue weighted by Crippen LogP contribution is 2.27. The van der Waals surface area contributed by atoms with Crippen molar-refractivity contribution in [1.82, 2.24) is 10.2 Å². The molecule has 0 fully saturated rings. The highest BCUT2D eigenvalue weighted by atomic mass is 16.3. The molecule has 0 aromatic heterocycles. The molecular formula is C15H24N2O2. The number of aromatic hydroxyl groups is 1. The van der Waals surface area contributed by atoms with Gasteiger partial charge >= 0.3 is 0 Å². The van der Waals surface area contributed by atoms with Gasteiger partial charge in [-0.2, -0.15) is 0 Å². The van der Waals surface area contributed by atoms with Gasteiger partial charge in [0, 0.05) is 17.6 Å². The Kier molecular flexibility index (Phi) is 5.83. The van der Waals surface area contributed by atoms with Crippen LogP contribution in [0.1, 0.15) is 39.3 Å². The van der Waals surface area contributed by atoms with Crippen molar-refractivity contribution in [3.05, 3.63) is 29.8 Å². The van der Waals surface area contributed by atoms with Gasteiger partial charge in [-0.05, 0) is 33.4 Å². The highest BCUT2D eigenvalue weighted by Gasteiger charge is 2.19. The second-order valence-corrected chi connectivity index (χ2v) is 5.02. The van der Waals surface area contributed by atoms with E-state index in [-0.39, 0.29) is 23.7 Å². The Labute approximate surface area is 115 Å². The van der Waals surface area contributed by atoms with E-state index < -0.39 is 0 Å². The number of carbonyl (C=O) groups is 1. The topological polar surface area (TPSA) is 52.6 Å². The molecule has 4 heteroatoms. The molecule has 0 spiro atoms. The van der Waals surface area contributed by atoms with E-state index in [1.807, 2.05) is 44.7 Å². The Morgan fingerprint density at radius 3 is 2.47 bits per heavy atom. The summed E-state index contributed by atoms with van der Waals surface area (Å²) in [6.07, 6.45) is 0. The predicted molar refractivity (Wildman–Crippen MR) is 77.0 cm³/mol. The summed E-state index contributed by atoms with van der Waals surface area (Å²) < 4.78 is 0. The minimum atomic E-state index is 0.00381. The standard InChI is InChI=1S/C15H24N2O2/c1-5-17(10-15(19)16-11(2)3)12(4)13-8-6-7-9-14(13)18/h6-9,11-12,18H,5,10H2,1-4H3,(H,16,19). The zero-order valence-electron chi connectivity index (χ0n) is 12.2. The Morgan fingerprint density at radius 1 is 1.32 bits per heavy atom. The van der Waals surface area contributed by atoms with E-state index in [2.05, 4.69) is 5.32 Å². The SMILES string of the molecule is CCN(CC(=O)NC(C)C)C(C)c1ccccc1O. The number of hydrogen-bond acceptors (Lipinski definition) is 3. The fourth-order valence-corrected chi connectivity index (χ4v) is 2.11. The van der Waals surface area contributed by atoms with Crippen molar-refractivity contribution in [3.8, 4) is 5.75 Å². The maximum absolute atomic E-state index is 11.8. The minimum Gasteiger partial charge on any atom is -0.508 e. The van der Waals surface area contributed by atoms with Crippen molar-refractivity contribution in [2.24, 2.45) is 0 Å². The molecule has 0 bridgehead atoms. The number of carbonyl (C=O) groups excluding carboxylic acids is 1. The Bertz CT molecular complexity index is 418. The van der Waals surface area contributed by atoms with Crippen molar-refractivity contribution < 1.29 is 9.90 Å². The average Bonchev–Trinajstić information content (AvgIpc) is 2.35. The van der Waals surface area contributed by atoms with Crippen molar-refractivity contribution in [2.75, 3.05) is 13.1 Å². The maximum Gasteiger partial charge on any atom is 0.234 e. The van der Waals surface area contributed by atoms with E-state index in [9.17, 15) is 9.90 Å². The summed E-state index contributed by atoms with van der Waals surface area (Å²) in [4.78, 5) is 13.9. The summed E-state index contributed by atoms with van der Waals surface area (Å²) in [6.45, 7) is 8.99. The number of phenolic OH excluding ortho intramolecular Hbond substituents is 1. The van der Waals surface area contributed by atoms with E-state index in [0.717, 1.165) is 12.1 Å². The second-order valence-electron chi connectivity index (χ2n) is 5.02. The van der Waals surface area contributed by atoms with Crippen molar-refractivity contribution in [2.45, 2.75) is 39.8 Å². The quantitative estimate of drug-likeness (QED) is 0.829. The van der Waals surface area contributed by atoms with Crippen LogP contribution in [-0.4, -0.2) is 35.0 Å². The molecule has 106 valence electrons. The van der Waals surface area contributed by atoms with Crippen LogP contribution < -0.4 is 5.32 Å². The number of hydrogen-bond donors (Lipinski definition) is 2. The molecule has 0 saturated carbocycles. The van der Waals surface area contributed by atoms with Crippen molar-refractivity contribution in [1.29, 1.82) is 0 Å². The molecule has 1 amide bonds. The third kappa shape index (κ3) is 4.56. The Hall–Kier alpha value is -1.55. The number of nitrogens with zero attached hydrogens (tertiary/aromatic N) is 1. The van der Waals surface area contributed by atoms with Crippen LogP contribution >= 0.6 is 0 Å². The van der Waals surface area contributed by atoms with E-state index in [1.165, 1.54) is 0 Å². The van der Waals surface area contributed by atoms with Crippen molar-refractivity contribution >= 4 is 5.91 Å². The summed E-state index contributed by atoms with van der Waals surface area (Å²) >= 11 is 0. The number of amides is 1. The highest BCUT2D eigenvalue weighted by molar-refractivity contribution is 5.78. The number of benzene rings is 1. The van der Waals surface area contributed by atoms with Gasteiger partial charge in [0.25, 0.3) is 0 Å². The molecule has 1 aromatic rings. The first-order valence-electron chi connectivity index (χ1n) is 6.77. The number of phenols is 1. The summed E-state index contributed by atoms with van der Waals surface area (Å²) in [5, 5.41) is 12.8. The van der Waals surface area contributed by atoms with Crippen LogP contribution in [0, 0.1) is 0 Å². The first-order chi connectivity index (χ1) is 8.95. The zero-order valence-corrected chi connectivity index (χ0v) is 12.2. The van der Waals surface area contributed by atoms with Crippen LogP contribution in [0.5, 0.6) is 5.75 Å². The lowest BCUT2D eigenvalue weighted by Gasteiger charge is -2.28. The van der Waals surface area contributed by atoms with Gasteiger partial charge in [0.2, 0.25) is 5.91 Å². The summed E-state index contributed by atoms with van der Waals surface area (Å²) in [7, 11) is 0. The van der Waals surface area contributed by atoms with Gasteiger partial charge in [-0.1, -0.05) is 25.1 Å². The van der Waals surface area contributed by atoms with Crippen LogP contribution in [0.4, 0.5) is 0 Å². The molecule has 1 atom stereocenters. The molecule has 19 heavy (non-hydrogen) atoms. The third-order valence-corrected chi connectivity index (χ3v) is 3.14. The molecule has 4 nitrogen and oxygen atoms in total. The lowest BCUT2D eigenvalue weighted by atomic mass is 10.1. The van der Waals surface area contributed by atoms with Crippen LogP contribution in [0.15, 0.2) is 24.3 Å². The van der Waals surface area contributed by atoms with E-state index >= 15 is 0 Å². The van der Waals surface area contributed by atoms with Gasteiger partial charge in [-0.25, -0.2) is 0 Å². The molecule has 0 radical (unpaired) electrons. The van der Waals surface area contributed by atoms with E-state index in [0.29, 0.717) is 6.54 Å². The normalized spacial score (nSPS) is 12.7. The van der Waals surface area contributed by atoms with Gasteiger partial charge in [0.1, 0.15) is 5.75 Å². The van der Waals surface area contributed by atoms with E-state index in [4.69, 9.17) is 0 Å². The third-order valence-electron chi connectivity index (χ3n) is 3.14. The van der Waals surface area contributed by atoms with Gasteiger partial charge in [0.15, 0.2) is 0 Å². The zero-order chi connectivity index (χ0) is 14.4. The fraction of sp³-hybridized carbons (Fsp3) is 0.533. The molecule has 0 aliphatic rings. The predicted octanol–water partition coefficient (Wildman–Crippen LogP) is 2.30. The Morgan fingerprint density at radius 2 is 1.95 bits per heavy atom. The molecule has 1 unspecified atom stereocenters.